The molecule has 0 aromatic rings. The SMILES string of the molecule is CN=C(NCCN(C(C)C)C(C)C)NCC1CCN(CCOC)CC1. The fourth-order valence-corrected chi connectivity index (χ4v) is 3.51. The van der Waals surface area contributed by atoms with Crippen molar-refractivity contribution in [1.29, 1.82) is 0 Å². The van der Waals surface area contributed by atoms with Crippen molar-refractivity contribution in [3.05, 3.63) is 0 Å². The molecule has 6 heteroatoms. The largest absolute Gasteiger partial charge is 0.383 e. The van der Waals surface area contributed by atoms with Crippen molar-refractivity contribution in [2.45, 2.75) is 52.6 Å². The quantitative estimate of drug-likeness (QED) is 0.461. The molecule has 1 fully saturated rings. The molecule has 0 aromatic heterocycles. The Hall–Kier alpha value is -0.850. The second-order valence-corrected chi connectivity index (χ2v) is 7.58. The Bertz CT molecular complexity index is 357. The molecule has 0 unspecified atom stereocenters. The van der Waals surface area contributed by atoms with Gasteiger partial charge in [-0.25, -0.2) is 0 Å². The summed E-state index contributed by atoms with van der Waals surface area (Å²) in [5, 5.41) is 6.96. The van der Waals surface area contributed by atoms with Gasteiger partial charge in [0.05, 0.1) is 6.61 Å². The van der Waals surface area contributed by atoms with Gasteiger partial charge in [-0.3, -0.25) is 9.89 Å². The highest BCUT2D eigenvalue weighted by Crippen LogP contribution is 2.15. The number of aliphatic imine (C=N–C) groups is 1. The van der Waals surface area contributed by atoms with E-state index in [1.807, 2.05) is 7.05 Å². The van der Waals surface area contributed by atoms with Crippen molar-refractivity contribution in [3.63, 3.8) is 0 Å². The lowest BCUT2D eigenvalue weighted by Gasteiger charge is -2.32. The van der Waals surface area contributed by atoms with Crippen LogP contribution in [0, 0.1) is 5.92 Å². The molecule has 1 heterocycles. The van der Waals surface area contributed by atoms with Crippen LogP contribution in [-0.4, -0.2) is 87.9 Å². The molecule has 1 aliphatic rings. The number of piperidine rings is 1. The third kappa shape index (κ3) is 8.88. The van der Waals surface area contributed by atoms with E-state index in [1.165, 1.54) is 25.9 Å². The maximum absolute atomic E-state index is 5.17. The minimum atomic E-state index is 0.570. The molecule has 0 spiro atoms. The maximum Gasteiger partial charge on any atom is 0.191 e. The summed E-state index contributed by atoms with van der Waals surface area (Å²) in [5.41, 5.74) is 0. The van der Waals surface area contributed by atoms with Gasteiger partial charge in [0, 0.05) is 52.4 Å². The highest BCUT2D eigenvalue weighted by molar-refractivity contribution is 5.79. The number of hydrogen-bond donors (Lipinski definition) is 2. The van der Waals surface area contributed by atoms with Crippen LogP contribution < -0.4 is 10.6 Å². The van der Waals surface area contributed by atoms with Crippen LogP contribution >= 0.6 is 0 Å². The van der Waals surface area contributed by atoms with Crippen LogP contribution in [0.25, 0.3) is 0 Å². The molecule has 0 bridgehead atoms. The van der Waals surface area contributed by atoms with Crippen LogP contribution in [0.4, 0.5) is 0 Å². The Morgan fingerprint density at radius 3 is 2.32 bits per heavy atom. The molecule has 25 heavy (non-hydrogen) atoms. The van der Waals surface area contributed by atoms with Gasteiger partial charge >= 0.3 is 0 Å². The van der Waals surface area contributed by atoms with E-state index in [2.05, 4.69) is 53.1 Å². The van der Waals surface area contributed by atoms with Gasteiger partial charge < -0.3 is 20.3 Å². The number of methoxy groups -OCH3 is 1. The molecule has 148 valence electrons. The van der Waals surface area contributed by atoms with Crippen LogP contribution in [-0.2, 0) is 4.74 Å². The summed E-state index contributed by atoms with van der Waals surface area (Å²) in [4.78, 5) is 9.36. The summed E-state index contributed by atoms with van der Waals surface area (Å²) in [6.07, 6.45) is 2.50. The first kappa shape index (κ1) is 22.2. The molecule has 1 aliphatic heterocycles. The monoisotopic (exact) mass is 355 g/mol. The number of likely N-dealkylation sites (tertiary alicyclic amines) is 1. The minimum Gasteiger partial charge on any atom is -0.383 e. The molecule has 1 rings (SSSR count). The number of hydrogen-bond acceptors (Lipinski definition) is 4. The number of rotatable bonds is 10. The van der Waals surface area contributed by atoms with Gasteiger partial charge in [-0.2, -0.15) is 0 Å². The van der Waals surface area contributed by atoms with E-state index >= 15 is 0 Å². The predicted octanol–water partition coefficient (Wildman–Crippen LogP) is 1.63. The van der Waals surface area contributed by atoms with E-state index in [0.29, 0.717) is 12.1 Å². The second kappa shape index (κ2) is 12.5. The topological polar surface area (TPSA) is 52.1 Å². The molecule has 0 saturated carbocycles. The van der Waals surface area contributed by atoms with Gasteiger partial charge in [-0.05, 0) is 59.5 Å². The standard InChI is InChI=1S/C19H41N5O/c1-16(2)24(17(3)4)12-9-21-19(20-5)22-15-18-7-10-23(11-8-18)13-14-25-6/h16-18H,7-15H2,1-6H3,(H2,20,21,22). The Morgan fingerprint density at radius 2 is 1.80 bits per heavy atom. The highest BCUT2D eigenvalue weighted by atomic mass is 16.5. The Morgan fingerprint density at radius 1 is 1.16 bits per heavy atom. The summed E-state index contributed by atoms with van der Waals surface area (Å²) < 4.78 is 5.17. The fraction of sp³-hybridized carbons (Fsp3) is 0.947. The Labute approximate surface area is 155 Å². The zero-order chi connectivity index (χ0) is 18.7. The lowest BCUT2D eigenvalue weighted by molar-refractivity contribution is 0.121. The molecular weight excluding hydrogens is 314 g/mol. The van der Waals surface area contributed by atoms with Crippen LogP contribution in [0.2, 0.25) is 0 Å². The first-order valence-electron chi connectivity index (χ1n) is 9.89. The smallest absolute Gasteiger partial charge is 0.191 e. The first-order chi connectivity index (χ1) is 12.0. The maximum atomic E-state index is 5.17. The Kier molecular flexibility index (Phi) is 11.1. The van der Waals surface area contributed by atoms with E-state index in [4.69, 9.17) is 4.74 Å². The minimum absolute atomic E-state index is 0.570. The lowest BCUT2D eigenvalue weighted by Crippen LogP contribution is -2.47. The molecule has 2 N–H and O–H groups in total. The third-order valence-corrected chi connectivity index (χ3v) is 5.09. The van der Waals surface area contributed by atoms with Crippen molar-refractivity contribution in [2.75, 3.05) is 60.0 Å². The summed E-state index contributed by atoms with van der Waals surface area (Å²) in [5.74, 6) is 1.66. The highest BCUT2D eigenvalue weighted by Gasteiger charge is 2.19. The van der Waals surface area contributed by atoms with Crippen molar-refractivity contribution in [2.24, 2.45) is 10.9 Å². The number of guanidine groups is 1. The molecular formula is C19H41N5O. The summed E-state index contributed by atoms with van der Waals surface area (Å²) in [6.45, 7) is 16.2. The van der Waals surface area contributed by atoms with E-state index in [-0.39, 0.29) is 0 Å². The first-order valence-corrected chi connectivity index (χ1v) is 9.89. The van der Waals surface area contributed by atoms with Crippen molar-refractivity contribution < 1.29 is 4.74 Å². The van der Waals surface area contributed by atoms with Crippen LogP contribution in [0.15, 0.2) is 4.99 Å². The molecule has 0 aliphatic carbocycles. The van der Waals surface area contributed by atoms with Gasteiger partial charge in [0.2, 0.25) is 0 Å². The number of ether oxygens (including phenoxy) is 1. The van der Waals surface area contributed by atoms with Gasteiger partial charge in [0.25, 0.3) is 0 Å². The van der Waals surface area contributed by atoms with E-state index in [9.17, 15) is 0 Å². The van der Waals surface area contributed by atoms with Crippen LogP contribution in [0.1, 0.15) is 40.5 Å². The average Bonchev–Trinajstić information content (AvgIpc) is 2.59. The number of nitrogens with zero attached hydrogens (tertiary/aromatic N) is 3. The van der Waals surface area contributed by atoms with Crippen molar-refractivity contribution in [3.8, 4) is 0 Å². The third-order valence-electron chi connectivity index (χ3n) is 5.09. The molecule has 0 amide bonds. The molecule has 0 radical (unpaired) electrons. The van der Waals surface area contributed by atoms with Gasteiger partial charge in [0.15, 0.2) is 5.96 Å². The summed E-state index contributed by atoms with van der Waals surface area (Å²) in [6, 6.07) is 1.14. The molecule has 6 nitrogen and oxygen atoms in total. The fourth-order valence-electron chi connectivity index (χ4n) is 3.51. The van der Waals surface area contributed by atoms with E-state index < -0.39 is 0 Å². The summed E-state index contributed by atoms with van der Waals surface area (Å²) >= 11 is 0. The van der Waals surface area contributed by atoms with Crippen LogP contribution in [0.5, 0.6) is 0 Å². The lowest BCUT2D eigenvalue weighted by atomic mass is 9.97. The molecule has 1 saturated heterocycles. The van der Waals surface area contributed by atoms with Crippen molar-refractivity contribution >= 4 is 5.96 Å². The normalized spacial score (nSPS) is 17.7. The molecule has 0 atom stereocenters. The van der Waals surface area contributed by atoms with Gasteiger partial charge in [-0.1, -0.05) is 0 Å². The van der Waals surface area contributed by atoms with E-state index in [1.54, 1.807) is 7.11 Å². The molecule has 0 aromatic carbocycles. The zero-order valence-electron chi connectivity index (χ0n) is 17.3. The van der Waals surface area contributed by atoms with Gasteiger partial charge in [0.1, 0.15) is 0 Å². The Balaban J connectivity index is 2.22. The van der Waals surface area contributed by atoms with Crippen LogP contribution in [0.3, 0.4) is 0 Å². The van der Waals surface area contributed by atoms with Gasteiger partial charge in [-0.15, -0.1) is 0 Å². The predicted molar refractivity (Wildman–Crippen MR) is 107 cm³/mol. The summed E-state index contributed by atoms with van der Waals surface area (Å²) in [7, 11) is 3.63. The second-order valence-electron chi connectivity index (χ2n) is 7.58. The zero-order valence-corrected chi connectivity index (χ0v) is 17.3. The van der Waals surface area contributed by atoms with E-state index in [0.717, 1.165) is 44.7 Å². The van der Waals surface area contributed by atoms with Crippen molar-refractivity contribution in [1.82, 2.24) is 20.4 Å². The number of nitrogens with one attached hydrogen (secondary N) is 2. The average molecular weight is 356 g/mol.